The van der Waals surface area contributed by atoms with E-state index >= 15 is 0 Å². The first kappa shape index (κ1) is 10.7. The van der Waals surface area contributed by atoms with E-state index in [4.69, 9.17) is 0 Å². The maximum absolute atomic E-state index is 4.60. The molecule has 0 unspecified atom stereocenters. The van der Waals surface area contributed by atoms with Gasteiger partial charge in [0.05, 0.1) is 22.9 Å². The Balaban J connectivity index is 2.17. The molecule has 3 rings (SSSR count). The van der Waals surface area contributed by atoms with Crippen LogP contribution >= 0.6 is 22.9 Å². The van der Waals surface area contributed by atoms with Crippen molar-refractivity contribution in [2.45, 2.75) is 6.54 Å². The molecule has 0 amide bonds. The molecule has 0 atom stereocenters. The van der Waals surface area contributed by atoms with Crippen LogP contribution in [0.15, 0.2) is 56.9 Å². The second kappa shape index (κ2) is 4.44. The number of nitrogens with zero attached hydrogens (tertiary/aromatic N) is 3. The van der Waals surface area contributed by atoms with Crippen molar-refractivity contribution in [3.05, 3.63) is 59.8 Å². The minimum absolute atomic E-state index is 0.790. The predicted molar refractivity (Wildman–Crippen MR) is 78.3 cm³/mol. The Bertz CT molecular complexity index is 570. The molecular formula is C13H10IN3. The first-order chi connectivity index (χ1) is 8.38. The maximum Gasteiger partial charge on any atom is 0.168 e. The highest BCUT2D eigenvalue weighted by Gasteiger charge is 2.18. The molecule has 2 aliphatic heterocycles. The summed E-state index contributed by atoms with van der Waals surface area (Å²) >= 11 is 2.00. The van der Waals surface area contributed by atoms with E-state index in [1.165, 1.54) is 5.56 Å². The van der Waals surface area contributed by atoms with Crippen molar-refractivity contribution in [3.8, 4) is 0 Å². The van der Waals surface area contributed by atoms with Gasteiger partial charge in [0, 0.05) is 18.3 Å². The largest absolute Gasteiger partial charge is 0.329 e. The first-order valence-electron chi connectivity index (χ1n) is 5.36. The number of benzene rings is 1. The molecule has 84 valence electrons. The van der Waals surface area contributed by atoms with Gasteiger partial charge in [0.15, 0.2) is 5.84 Å². The highest BCUT2D eigenvalue weighted by Crippen LogP contribution is 2.20. The summed E-state index contributed by atoms with van der Waals surface area (Å²) in [6.07, 6.45) is 8.07. The molecule has 4 heteroatoms. The molecule has 0 aromatic heterocycles. The second-order valence-electron chi connectivity index (χ2n) is 3.86. The van der Waals surface area contributed by atoms with E-state index in [0.717, 1.165) is 23.8 Å². The summed E-state index contributed by atoms with van der Waals surface area (Å²) in [5, 5.41) is 0. The van der Waals surface area contributed by atoms with Gasteiger partial charge in [-0.05, 0) is 17.7 Å². The number of halogens is 1. The van der Waals surface area contributed by atoms with Crippen LogP contribution < -0.4 is 0 Å². The molecule has 1 aromatic rings. The van der Waals surface area contributed by atoms with E-state index in [0.29, 0.717) is 0 Å². The summed E-state index contributed by atoms with van der Waals surface area (Å²) < 4.78 is 4.25. The molecule has 0 bridgehead atoms. The van der Waals surface area contributed by atoms with Crippen molar-refractivity contribution >= 4 is 34.5 Å². The number of hydrogen-bond donors (Lipinski definition) is 0. The van der Waals surface area contributed by atoms with Crippen LogP contribution in [-0.2, 0) is 6.54 Å². The zero-order chi connectivity index (χ0) is 11.7. The number of amidine groups is 2. The van der Waals surface area contributed by atoms with Crippen molar-refractivity contribution in [2.24, 2.45) is 8.20 Å². The monoisotopic (exact) mass is 335 g/mol. The number of rotatable bonds is 0. The van der Waals surface area contributed by atoms with Gasteiger partial charge in [-0.25, -0.2) is 4.99 Å². The fourth-order valence-electron chi connectivity index (χ4n) is 2.00. The molecule has 1 aromatic carbocycles. The summed E-state index contributed by atoms with van der Waals surface area (Å²) in [4.78, 5) is 6.74. The molecular weight excluding hydrogens is 325 g/mol. The third-order valence-corrected chi connectivity index (χ3v) is 3.27. The van der Waals surface area contributed by atoms with Crippen LogP contribution in [0.1, 0.15) is 11.1 Å². The van der Waals surface area contributed by atoms with Gasteiger partial charge < -0.3 is 4.90 Å². The summed E-state index contributed by atoms with van der Waals surface area (Å²) in [6, 6.07) is 8.28. The Labute approximate surface area is 114 Å². The van der Waals surface area contributed by atoms with E-state index in [9.17, 15) is 0 Å². The van der Waals surface area contributed by atoms with Gasteiger partial charge in [0.1, 0.15) is 5.84 Å². The minimum atomic E-state index is 0.790. The molecule has 2 heterocycles. The van der Waals surface area contributed by atoms with Crippen molar-refractivity contribution in [3.63, 3.8) is 0 Å². The Morgan fingerprint density at radius 3 is 3.00 bits per heavy atom. The third-order valence-electron chi connectivity index (χ3n) is 2.82. The van der Waals surface area contributed by atoms with Crippen molar-refractivity contribution in [1.29, 1.82) is 0 Å². The van der Waals surface area contributed by atoms with Crippen LogP contribution in [0.3, 0.4) is 0 Å². The van der Waals surface area contributed by atoms with Gasteiger partial charge in [-0.1, -0.05) is 30.3 Å². The number of hydrogen-bond acceptors (Lipinski definition) is 2. The molecule has 17 heavy (non-hydrogen) atoms. The van der Waals surface area contributed by atoms with Crippen LogP contribution in [-0.4, -0.2) is 16.6 Å². The molecule has 0 aliphatic carbocycles. The van der Waals surface area contributed by atoms with Crippen molar-refractivity contribution in [1.82, 2.24) is 4.90 Å². The molecule has 3 nitrogen and oxygen atoms in total. The highest BCUT2D eigenvalue weighted by atomic mass is 127. The predicted octanol–water partition coefficient (Wildman–Crippen LogP) is 3.08. The van der Waals surface area contributed by atoms with Crippen LogP contribution in [0, 0.1) is 0 Å². The zero-order valence-electron chi connectivity index (χ0n) is 9.05. The Morgan fingerprint density at radius 2 is 2.12 bits per heavy atom. The number of allylic oxidation sites excluding steroid dienone is 2. The van der Waals surface area contributed by atoms with E-state index in [2.05, 4.69) is 31.3 Å². The van der Waals surface area contributed by atoms with Crippen molar-refractivity contribution < 1.29 is 0 Å². The summed E-state index contributed by atoms with van der Waals surface area (Å²) in [5.41, 5.74) is 2.37. The normalized spacial score (nSPS) is 19.7. The quantitative estimate of drug-likeness (QED) is 0.670. The lowest BCUT2D eigenvalue weighted by Crippen LogP contribution is -2.24. The average molecular weight is 335 g/mol. The second-order valence-corrected chi connectivity index (χ2v) is 4.35. The summed E-state index contributed by atoms with van der Waals surface area (Å²) in [6.45, 7) is 0.839. The van der Waals surface area contributed by atoms with Crippen LogP contribution in [0.5, 0.6) is 0 Å². The molecule has 0 spiro atoms. The summed E-state index contributed by atoms with van der Waals surface area (Å²) in [7, 11) is 0. The molecule has 0 fully saturated rings. The fraction of sp³-hybridized carbons (Fsp3) is 0.0769. The lowest BCUT2D eigenvalue weighted by atomic mass is 10.1. The lowest BCUT2D eigenvalue weighted by Gasteiger charge is -2.20. The van der Waals surface area contributed by atoms with Gasteiger partial charge in [-0.3, -0.25) is 0 Å². The fourth-order valence-corrected chi connectivity index (χ4v) is 2.36. The van der Waals surface area contributed by atoms with Gasteiger partial charge in [-0.2, -0.15) is 3.21 Å². The molecule has 0 saturated carbocycles. The number of aliphatic imine (C=N–C) groups is 1. The van der Waals surface area contributed by atoms with Gasteiger partial charge in [-0.15, -0.1) is 0 Å². The Morgan fingerprint density at radius 1 is 1.24 bits per heavy atom. The first-order valence-corrected chi connectivity index (χ1v) is 6.32. The Kier molecular flexibility index (Phi) is 2.80. The van der Waals surface area contributed by atoms with E-state index in [1.807, 2.05) is 53.4 Å². The molecule has 0 saturated heterocycles. The Hall–Kier alpha value is -1.43. The standard InChI is InChI=1S/C13H10IN3/c14-16-13-11-6-2-1-5-10(11)9-17-8-4-3-7-12(17)15-13/h1-8H,9H2. The van der Waals surface area contributed by atoms with Crippen molar-refractivity contribution in [2.75, 3.05) is 0 Å². The van der Waals surface area contributed by atoms with Crippen LogP contribution in [0.4, 0.5) is 0 Å². The molecule has 0 N–H and O–H groups in total. The molecule has 0 radical (unpaired) electrons. The third kappa shape index (κ3) is 1.93. The SMILES string of the molecule is IN=C1N=C2C=CC=CN2Cc2ccccc21. The van der Waals surface area contributed by atoms with Gasteiger partial charge in [0.25, 0.3) is 0 Å². The lowest BCUT2D eigenvalue weighted by molar-refractivity contribution is 0.556. The molecule has 2 aliphatic rings. The smallest absolute Gasteiger partial charge is 0.168 e. The maximum atomic E-state index is 4.60. The van der Waals surface area contributed by atoms with E-state index < -0.39 is 0 Å². The van der Waals surface area contributed by atoms with Gasteiger partial charge in [0.2, 0.25) is 0 Å². The summed E-state index contributed by atoms with van der Waals surface area (Å²) in [5.74, 6) is 1.73. The zero-order valence-corrected chi connectivity index (χ0v) is 11.2. The highest BCUT2D eigenvalue weighted by molar-refractivity contribution is 14.1. The minimum Gasteiger partial charge on any atom is -0.329 e. The van der Waals surface area contributed by atoms with E-state index in [1.54, 1.807) is 0 Å². The van der Waals surface area contributed by atoms with Gasteiger partial charge >= 0.3 is 0 Å². The van der Waals surface area contributed by atoms with Crippen LogP contribution in [0.25, 0.3) is 0 Å². The van der Waals surface area contributed by atoms with E-state index in [-0.39, 0.29) is 0 Å². The van der Waals surface area contributed by atoms with Crippen LogP contribution in [0.2, 0.25) is 0 Å². The average Bonchev–Trinajstić information content (AvgIpc) is 2.54. The number of fused-ring (bicyclic) bond motifs is 2. The topological polar surface area (TPSA) is 28.0 Å².